The second-order valence-corrected chi connectivity index (χ2v) is 7.09. The second kappa shape index (κ2) is 9.08. The second-order valence-electron chi connectivity index (χ2n) is 6.34. The third kappa shape index (κ3) is 5.80. The molecule has 0 spiro atoms. The number of Topliss-reactive ketones (excluding diaryl/α,β-unsaturated/α-hetero) is 1. The molecule has 0 radical (unpaired) electrons. The lowest BCUT2D eigenvalue weighted by molar-refractivity contribution is -0.137. The molecule has 10 heteroatoms. The van der Waals surface area contributed by atoms with Crippen LogP contribution in [-0.2, 0) is 6.18 Å². The molecule has 0 fully saturated rings. The first-order chi connectivity index (χ1) is 13.8. The van der Waals surface area contributed by atoms with E-state index < -0.39 is 11.7 Å². The predicted molar refractivity (Wildman–Crippen MR) is 104 cm³/mol. The number of nitrogens with zero attached hydrogens (tertiary/aromatic N) is 4. The predicted octanol–water partition coefficient (Wildman–Crippen LogP) is 4.79. The van der Waals surface area contributed by atoms with Crippen LogP contribution in [0.3, 0.4) is 0 Å². The van der Waals surface area contributed by atoms with Gasteiger partial charge in [0.2, 0.25) is 0 Å². The third-order valence-electron chi connectivity index (χ3n) is 4.06. The number of unbranched alkanes of at least 4 members (excludes halogenated alkanes) is 1. The van der Waals surface area contributed by atoms with E-state index in [-0.39, 0.29) is 17.8 Å². The van der Waals surface area contributed by atoms with Crippen LogP contribution < -0.4 is 5.32 Å². The molecule has 1 aromatic carbocycles. The molecule has 152 valence electrons. The minimum atomic E-state index is -4.45. The van der Waals surface area contributed by atoms with E-state index in [0.29, 0.717) is 41.7 Å². The van der Waals surface area contributed by atoms with Gasteiger partial charge in [0.1, 0.15) is 17.3 Å². The number of rotatable bonds is 8. The molecule has 0 bridgehead atoms. The molecule has 0 aliphatic heterocycles. The number of ketones is 1. The number of alkyl halides is 3. The maximum Gasteiger partial charge on any atom is 0.416 e. The van der Waals surface area contributed by atoms with Gasteiger partial charge in [-0.2, -0.15) is 17.5 Å². The molecule has 0 saturated heterocycles. The smallest absolute Gasteiger partial charge is 0.369 e. The molecule has 0 saturated carbocycles. The van der Waals surface area contributed by atoms with E-state index in [1.165, 1.54) is 23.7 Å². The van der Waals surface area contributed by atoms with Crippen LogP contribution >= 0.6 is 11.5 Å². The molecular formula is C19H18F3N5OS. The Morgan fingerprint density at radius 2 is 1.97 bits per heavy atom. The molecule has 3 rings (SSSR count). The number of benzene rings is 1. The Morgan fingerprint density at radius 1 is 1.14 bits per heavy atom. The fraction of sp³-hybridized carbons (Fsp3) is 0.316. The molecular weight excluding hydrogens is 403 g/mol. The fourth-order valence-electron chi connectivity index (χ4n) is 2.58. The molecule has 0 unspecified atom stereocenters. The summed E-state index contributed by atoms with van der Waals surface area (Å²) in [5.41, 5.74) is -0.0790. The lowest BCUT2D eigenvalue weighted by atomic mass is 10.0. The van der Waals surface area contributed by atoms with Gasteiger partial charge in [-0.15, -0.1) is 10.2 Å². The highest BCUT2D eigenvalue weighted by atomic mass is 32.1. The Bertz CT molecular complexity index is 972. The number of aromatic nitrogens is 4. The summed E-state index contributed by atoms with van der Waals surface area (Å²) in [6.07, 6.45) is -3.04. The Kier molecular flexibility index (Phi) is 6.53. The van der Waals surface area contributed by atoms with Crippen LogP contribution in [0.2, 0.25) is 0 Å². The minimum Gasteiger partial charge on any atom is -0.369 e. The minimum absolute atomic E-state index is 0.0844. The van der Waals surface area contributed by atoms with E-state index in [0.717, 1.165) is 12.1 Å². The molecule has 0 atom stereocenters. The molecule has 1 N–H and O–H groups in total. The summed E-state index contributed by atoms with van der Waals surface area (Å²) in [6, 6.07) is 8.10. The highest BCUT2D eigenvalue weighted by Crippen LogP contribution is 2.29. The molecule has 3 aromatic rings. The van der Waals surface area contributed by atoms with Crippen LogP contribution in [0.1, 0.15) is 41.0 Å². The summed E-state index contributed by atoms with van der Waals surface area (Å²) in [5.74, 6) is 0.987. The quantitative estimate of drug-likeness (QED) is 0.416. The first-order valence-corrected chi connectivity index (χ1v) is 9.69. The van der Waals surface area contributed by atoms with Crippen LogP contribution in [0, 0.1) is 6.92 Å². The van der Waals surface area contributed by atoms with Crippen molar-refractivity contribution in [1.29, 1.82) is 0 Å². The lowest BCUT2D eigenvalue weighted by Crippen LogP contribution is -2.08. The SMILES string of the molecule is Cc1nsc(-c2ccc(NCCCCC(=O)c3cccc(C(F)(F)F)c3)nn2)n1. The molecule has 0 aliphatic carbocycles. The maximum atomic E-state index is 12.7. The van der Waals surface area contributed by atoms with Crippen LogP contribution in [-0.4, -0.2) is 31.9 Å². The molecule has 29 heavy (non-hydrogen) atoms. The van der Waals surface area contributed by atoms with Gasteiger partial charge in [0.05, 0.1) is 5.56 Å². The monoisotopic (exact) mass is 421 g/mol. The first-order valence-electron chi connectivity index (χ1n) is 8.91. The number of halogens is 3. The van der Waals surface area contributed by atoms with Crippen molar-refractivity contribution in [3.63, 3.8) is 0 Å². The van der Waals surface area contributed by atoms with Crippen molar-refractivity contribution in [3.8, 4) is 10.7 Å². The van der Waals surface area contributed by atoms with E-state index >= 15 is 0 Å². The van der Waals surface area contributed by atoms with Gasteiger partial charge in [-0.25, -0.2) is 4.98 Å². The van der Waals surface area contributed by atoms with Crippen molar-refractivity contribution in [1.82, 2.24) is 19.6 Å². The number of hydrogen-bond donors (Lipinski definition) is 1. The number of carbonyl (C=O) groups is 1. The van der Waals surface area contributed by atoms with Crippen molar-refractivity contribution in [3.05, 3.63) is 53.3 Å². The number of nitrogens with one attached hydrogen (secondary N) is 1. The molecule has 0 amide bonds. The van der Waals surface area contributed by atoms with E-state index in [4.69, 9.17) is 0 Å². The van der Waals surface area contributed by atoms with Gasteiger partial charge >= 0.3 is 6.18 Å². The highest BCUT2D eigenvalue weighted by Gasteiger charge is 2.30. The Balaban J connectivity index is 1.42. The average Bonchev–Trinajstić information content (AvgIpc) is 3.14. The Morgan fingerprint density at radius 3 is 2.62 bits per heavy atom. The van der Waals surface area contributed by atoms with Crippen molar-refractivity contribution in [2.45, 2.75) is 32.4 Å². The zero-order valence-corrected chi connectivity index (χ0v) is 16.3. The van der Waals surface area contributed by atoms with Crippen molar-refractivity contribution in [2.75, 3.05) is 11.9 Å². The van der Waals surface area contributed by atoms with E-state index in [1.807, 2.05) is 0 Å². The number of aryl methyl sites for hydroxylation is 1. The Hall–Kier alpha value is -2.88. The van der Waals surface area contributed by atoms with E-state index in [2.05, 4.69) is 24.9 Å². The number of anilines is 1. The molecule has 2 aromatic heterocycles. The topological polar surface area (TPSA) is 80.7 Å². The molecule has 2 heterocycles. The average molecular weight is 421 g/mol. The van der Waals surface area contributed by atoms with Gasteiger partial charge in [0.25, 0.3) is 0 Å². The molecule has 0 aliphatic rings. The van der Waals surface area contributed by atoms with E-state index in [1.54, 1.807) is 19.1 Å². The largest absolute Gasteiger partial charge is 0.416 e. The van der Waals surface area contributed by atoms with Gasteiger partial charge in [-0.05, 0) is 55.6 Å². The van der Waals surface area contributed by atoms with Gasteiger partial charge in [0, 0.05) is 18.5 Å². The van der Waals surface area contributed by atoms with Crippen LogP contribution in [0.5, 0.6) is 0 Å². The number of hydrogen-bond acceptors (Lipinski definition) is 7. The molecule has 6 nitrogen and oxygen atoms in total. The summed E-state index contributed by atoms with van der Waals surface area (Å²) in [4.78, 5) is 16.4. The van der Waals surface area contributed by atoms with Crippen molar-refractivity contribution < 1.29 is 18.0 Å². The lowest BCUT2D eigenvalue weighted by Gasteiger charge is -2.08. The van der Waals surface area contributed by atoms with Crippen LogP contribution in [0.15, 0.2) is 36.4 Å². The van der Waals surface area contributed by atoms with Gasteiger partial charge in [-0.3, -0.25) is 4.79 Å². The summed E-state index contributed by atoms with van der Waals surface area (Å²) in [7, 11) is 0. The zero-order chi connectivity index (χ0) is 20.9. The highest BCUT2D eigenvalue weighted by molar-refractivity contribution is 7.09. The number of carbonyl (C=O) groups excluding carboxylic acids is 1. The van der Waals surface area contributed by atoms with E-state index in [9.17, 15) is 18.0 Å². The van der Waals surface area contributed by atoms with Gasteiger partial charge < -0.3 is 5.32 Å². The maximum absolute atomic E-state index is 12.7. The van der Waals surface area contributed by atoms with Gasteiger partial charge in [0.15, 0.2) is 10.8 Å². The van der Waals surface area contributed by atoms with Crippen molar-refractivity contribution >= 4 is 23.1 Å². The summed E-state index contributed by atoms with van der Waals surface area (Å²) in [6.45, 7) is 2.38. The fourth-order valence-corrected chi connectivity index (χ4v) is 3.22. The standard InChI is InChI=1S/C19H18F3N5OS/c1-12-24-18(29-27-12)15-8-9-17(26-25-15)23-10-3-2-7-16(28)13-5-4-6-14(11-13)19(20,21)22/h4-6,8-9,11H,2-3,7,10H2,1H3,(H,23,26). The van der Waals surface area contributed by atoms with Crippen LogP contribution in [0.25, 0.3) is 10.7 Å². The van der Waals surface area contributed by atoms with Crippen LogP contribution in [0.4, 0.5) is 19.0 Å². The first kappa shape index (κ1) is 20.8. The van der Waals surface area contributed by atoms with Crippen molar-refractivity contribution in [2.24, 2.45) is 0 Å². The summed E-state index contributed by atoms with van der Waals surface area (Å²) >= 11 is 1.26. The summed E-state index contributed by atoms with van der Waals surface area (Å²) < 4.78 is 42.3. The third-order valence-corrected chi connectivity index (χ3v) is 4.89. The Labute approximate surface area is 169 Å². The normalized spacial score (nSPS) is 11.4. The zero-order valence-electron chi connectivity index (χ0n) is 15.5. The van der Waals surface area contributed by atoms with Gasteiger partial charge in [-0.1, -0.05) is 12.1 Å². The summed E-state index contributed by atoms with van der Waals surface area (Å²) in [5, 5.41) is 12.0.